The summed E-state index contributed by atoms with van der Waals surface area (Å²) in [5, 5.41) is 0. The summed E-state index contributed by atoms with van der Waals surface area (Å²) in [6.45, 7) is 0. The van der Waals surface area contributed by atoms with Crippen molar-refractivity contribution in [2.24, 2.45) is 11.7 Å². The zero-order chi connectivity index (χ0) is 16.7. The van der Waals surface area contributed by atoms with Gasteiger partial charge in [0.15, 0.2) is 0 Å². The second-order valence-electron chi connectivity index (χ2n) is 5.64. The molecular formula is C19H23NO3. The maximum absolute atomic E-state index is 11.4. The minimum absolute atomic E-state index is 0.175. The zero-order valence-corrected chi connectivity index (χ0v) is 13.6. The Kier molecular flexibility index (Phi) is 6.03. The molecule has 0 spiro atoms. The van der Waals surface area contributed by atoms with Crippen LogP contribution >= 0.6 is 0 Å². The van der Waals surface area contributed by atoms with Crippen LogP contribution in [0.1, 0.15) is 17.5 Å². The molecule has 0 aromatic heterocycles. The molecule has 0 radical (unpaired) electrons. The number of hydrogen-bond acceptors (Lipinski definition) is 3. The van der Waals surface area contributed by atoms with Crippen LogP contribution in [-0.2, 0) is 17.6 Å². The number of rotatable bonds is 8. The van der Waals surface area contributed by atoms with Crippen molar-refractivity contribution in [1.82, 2.24) is 0 Å². The molecular weight excluding hydrogens is 290 g/mol. The van der Waals surface area contributed by atoms with Gasteiger partial charge in [-0.3, -0.25) is 4.79 Å². The third-order valence-electron chi connectivity index (χ3n) is 3.86. The second-order valence-corrected chi connectivity index (χ2v) is 5.64. The Hall–Kier alpha value is -2.49. The molecule has 122 valence electrons. The minimum atomic E-state index is -0.267. The number of carbonyl (C=O) groups excluding carboxylic acids is 1. The van der Waals surface area contributed by atoms with E-state index < -0.39 is 0 Å². The van der Waals surface area contributed by atoms with Crippen LogP contribution in [0.25, 0.3) is 0 Å². The summed E-state index contributed by atoms with van der Waals surface area (Å²) in [5.41, 5.74) is 7.76. The summed E-state index contributed by atoms with van der Waals surface area (Å²) in [4.78, 5) is 11.4. The summed E-state index contributed by atoms with van der Waals surface area (Å²) in [5.74, 6) is 1.57. The first-order chi connectivity index (χ1) is 11.1. The van der Waals surface area contributed by atoms with E-state index in [4.69, 9.17) is 15.2 Å². The first-order valence-electron chi connectivity index (χ1n) is 7.65. The highest BCUT2D eigenvalue weighted by Gasteiger charge is 2.14. The number of carbonyl (C=O) groups is 1. The summed E-state index contributed by atoms with van der Waals surface area (Å²) in [6, 6.07) is 15.9. The lowest BCUT2D eigenvalue weighted by Gasteiger charge is -2.16. The van der Waals surface area contributed by atoms with Crippen molar-refractivity contribution in [2.45, 2.75) is 19.3 Å². The van der Waals surface area contributed by atoms with Gasteiger partial charge in [0.25, 0.3) is 0 Å². The van der Waals surface area contributed by atoms with E-state index in [1.807, 2.05) is 48.5 Å². The third-order valence-corrected chi connectivity index (χ3v) is 3.86. The Morgan fingerprint density at radius 1 is 0.870 bits per heavy atom. The molecule has 0 bridgehead atoms. The van der Waals surface area contributed by atoms with Gasteiger partial charge in [-0.15, -0.1) is 0 Å². The molecule has 0 aliphatic heterocycles. The topological polar surface area (TPSA) is 61.5 Å². The molecule has 0 aliphatic carbocycles. The fourth-order valence-corrected chi connectivity index (χ4v) is 2.69. The van der Waals surface area contributed by atoms with Gasteiger partial charge >= 0.3 is 0 Å². The number of primary amides is 1. The quantitative estimate of drug-likeness (QED) is 0.815. The summed E-state index contributed by atoms with van der Waals surface area (Å²) >= 11 is 0. The molecule has 0 unspecified atom stereocenters. The van der Waals surface area contributed by atoms with E-state index in [9.17, 15) is 4.79 Å². The molecule has 2 N–H and O–H groups in total. The molecule has 0 aliphatic rings. The van der Waals surface area contributed by atoms with Crippen molar-refractivity contribution < 1.29 is 14.3 Å². The Morgan fingerprint density at radius 2 is 1.26 bits per heavy atom. The fraction of sp³-hybridized carbons (Fsp3) is 0.316. The van der Waals surface area contributed by atoms with E-state index in [0.29, 0.717) is 6.42 Å². The van der Waals surface area contributed by atoms with Gasteiger partial charge in [0.1, 0.15) is 11.5 Å². The molecule has 4 heteroatoms. The SMILES string of the molecule is COc1ccc(CC(CC(N)=O)Cc2ccc(OC)cc2)cc1. The van der Waals surface area contributed by atoms with Crippen LogP contribution in [-0.4, -0.2) is 20.1 Å². The molecule has 1 amide bonds. The molecule has 0 saturated heterocycles. The third kappa shape index (κ3) is 5.33. The normalized spacial score (nSPS) is 10.6. The number of methoxy groups -OCH3 is 2. The van der Waals surface area contributed by atoms with Gasteiger partial charge in [-0.2, -0.15) is 0 Å². The highest BCUT2D eigenvalue weighted by atomic mass is 16.5. The van der Waals surface area contributed by atoms with Crippen LogP contribution < -0.4 is 15.2 Å². The predicted octanol–water partition coefficient (Wildman–Crippen LogP) is 2.98. The Balaban J connectivity index is 2.06. The van der Waals surface area contributed by atoms with E-state index in [2.05, 4.69) is 0 Å². The van der Waals surface area contributed by atoms with Crippen LogP contribution in [0.3, 0.4) is 0 Å². The molecule has 2 aromatic carbocycles. The highest BCUT2D eigenvalue weighted by molar-refractivity contribution is 5.74. The van der Waals surface area contributed by atoms with Gasteiger partial charge in [0, 0.05) is 6.42 Å². The minimum Gasteiger partial charge on any atom is -0.497 e. The number of ether oxygens (including phenoxy) is 2. The van der Waals surface area contributed by atoms with E-state index in [0.717, 1.165) is 24.3 Å². The van der Waals surface area contributed by atoms with Gasteiger partial charge < -0.3 is 15.2 Å². The lowest BCUT2D eigenvalue weighted by molar-refractivity contribution is -0.118. The van der Waals surface area contributed by atoms with Crippen molar-refractivity contribution in [3.8, 4) is 11.5 Å². The molecule has 0 fully saturated rings. The average molecular weight is 313 g/mol. The zero-order valence-electron chi connectivity index (χ0n) is 13.6. The molecule has 0 saturated carbocycles. The number of hydrogen-bond donors (Lipinski definition) is 1. The molecule has 2 rings (SSSR count). The second kappa shape index (κ2) is 8.22. The van der Waals surface area contributed by atoms with Gasteiger partial charge in [-0.05, 0) is 54.2 Å². The smallest absolute Gasteiger partial charge is 0.217 e. The largest absolute Gasteiger partial charge is 0.497 e. The van der Waals surface area contributed by atoms with E-state index in [1.54, 1.807) is 14.2 Å². The first-order valence-corrected chi connectivity index (χ1v) is 7.65. The standard InChI is InChI=1S/C19H23NO3/c1-22-17-7-3-14(4-8-17)11-16(13-19(20)21)12-15-5-9-18(23-2)10-6-15/h3-10,16H,11-13H2,1-2H3,(H2,20,21). The molecule has 4 nitrogen and oxygen atoms in total. The summed E-state index contributed by atoms with van der Waals surface area (Å²) in [6.07, 6.45) is 1.98. The lowest BCUT2D eigenvalue weighted by Crippen LogP contribution is -2.19. The first kappa shape index (κ1) is 16.9. The van der Waals surface area contributed by atoms with Crippen LogP contribution in [0, 0.1) is 5.92 Å². The van der Waals surface area contributed by atoms with Crippen molar-refractivity contribution in [3.63, 3.8) is 0 Å². The maximum atomic E-state index is 11.4. The number of nitrogens with two attached hydrogens (primary N) is 1. The van der Waals surface area contributed by atoms with Crippen molar-refractivity contribution in [3.05, 3.63) is 59.7 Å². The van der Waals surface area contributed by atoms with Gasteiger partial charge in [0.05, 0.1) is 14.2 Å². The van der Waals surface area contributed by atoms with E-state index in [-0.39, 0.29) is 11.8 Å². The average Bonchev–Trinajstić information content (AvgIpc) is 2.55. The maximum Gasteiger partial charge on any atom is 0.217 e. The van der Waals surface area contributed by atoms with Gasteiger partial charge in [-0.1, -0.05) is 24.3 Å². The van der Waals surface area contributed by atoms with Crippen molar-refractivity contribution >= 4 is 5.91 Å². The van der Waals surface area contributed by atoms with Crippen LogP contribution in [0.5, 0.6) is 11.5 Å². The Labute approximate surface area is 137 Å². The Bertz CT molecular complexity index is 571. The predicted molar refractivity (Wildman–Crippen MR) is 90.7 cm³/mol. The number of benzene rings is 2. The summed E-state index contributed by atoms with van der Waals surface area (Å²) < 4.78 is 10.3. The van der Waals surface area contributed by atoms with Crippen LogP contribution in [0.15, 0.2) is 48.5 Å². The van der Waals surface area contributed by atoms with Crippen molar-refractivity contribution in [1.29, 1.82) is 0 Å². The van der Waals surface area contributed by atoms with Gasteiger partial charge in [-0.25, -0.2) is 0 Å². The van der Waals surface area contributed by atoms with Crippen molar-refractivity contribution in [2.75, 3.05) is 14.2 Å². The fourth-order valence-electron chi connectivity index (χ4n) is 2.69. The summed E-state index contributed by atoms with van der Waals surface area (Å²) in [7, 11) is 3.29. The van der Waals surface area contributed by atoms with Crippen LogP contribution in [0.4, 0.5) is 0 Å². The van der Waals surface area contributed by atoms with Gasteiger partial charge in [0.2, 0.25) is 5.91 Å². The molecule has 23 heavy (non-hydrogen) atoms. The monoisotopic (exact) mass is 313 g/mol. The molecule has 2 aromatic rings. The van der Waals surface area contributed by atoms with Crippen LogP contribution in [0.2, 0.25) is 0 Å². The number of amides is 1. The molecule has 0 atom stereocenters. The lowest BCUT2D eigenvalue weighted by atomic mass is 9.89. The molecule has 0 heterocycles. The van der Waals surface area contributed by atoms with E-state index >= 15 is 0 Å². The Morgan fingerprint density at radius 3 is 1.57 bits per heavy atom. The van der Waals surface area contributed by atoms with E-state index in [1.165, 1.54) is 11.1 Å². The highest BCUT2D eigenvalue weighted by Crippen LogP contribution is 2.21.